The zero-order chi connectivity index (χ0) is 14.8. The molecule has 2 aliphatic heterocycles. The van der Waals surface area contributed by atoms with Gasteiger partial charge in [-0.05, 0) is 24.3 Å². The maximum Gasteiger partial charge on any atom is 0.159 e. The van der Waals surface area contributed by atoms with Crippen molar-refractivity contribution < 1.29 is 9.47 Å². The molecule has 110 valence electrons. The Bertz CT molecular complexity index is 705. The third-order valence-corrected chi connectivity index (χ3v) is 3.32. The number of benzene rings is 2. The first-order valence-corrected chi connectivity index (χ1v) is 6.99. The molecule has 4 rings (SSSR count). The minimum Gasteiger partial charge on any atom is -0.483 e. The summed E-state index contributed by atoms with van der Waals surface area (Å²) in [5.74, 6) is 2.97. The molecule has 0 radical (unpaired) electrons. The third-order valence-electron chi connectivity index (χ3n) is 3.32. The summed E-state index contributed by atoms with van der Waals surface area (Å²) in [5, 5.41) is 0. The summed E-state index contributed by atoms with van der Waals surface area (Å²) in [5.41, 5.74) is 7.68. The molecular weight excluding hydrogens is 280 g/mol. The average molecular weight is 294 g/mol. The predicted octanol–water partition coefficient (Wildman–Crippen LogP) is 2.33. The maximum absolute atomic E-state index is 5.63. The van der Waals surface area contributed by atoms with E-state index in [1.54, 1.807) is 0 Å². The van der Waals surface area contributed by atoms with Crippen molar-refractivity contribution in [1.29, 1.82) is 0 Å². The number of aliphatic imine (C=N–C) groups is 2. The average Bonchev–Trinajstić information content (AvgIpc) is 2.59. The lowest BCUT2D eigenvalue weighted by Gasteiger charge is -2.21. The number of ether oxygens (including phenoxy) is 2. The molecule has 0 aliphatic carbocycles. The van der Waals surface area contributed by atoms with Gasteiger partial charge in [-0.1, -0.05) is 24.3 Å². The Morgan fingerprint density at radius 3 is 1.64 bits per heavy atom. The van der Waals surface area contributed by atoms with Crippen LogP contribution in [0.25, 0.3) is 0 Å². The molecular formula is C16H14N4O2. The Balaban J connectivity index is 1.46. The number of nitrogens with zero attached hydrogens (tertiary/aromatic N) is 2. The number of fused-ring (bicyclic) bond motifs is 2. The van der Waals surface area contributed by atoms with Gasteiger partial charge in [0.1, 0.15) is 36.1 Å². The van der Waals surface area contributed by atoms with Crippen LogP contribution in [0.1, 0.15) is 0 Å². The van der Waals surface area contributed by atoms with E-state index in [1.165, 1.54) is 0 Å². The number of hydrazine groups is 1. The van der Waals surface area contributed by atoms with E-state index in [2.05, 4.69) is 20.8 Å². The predicted molar refractivity (Wildman–Crippen MR) is 84.3 cm³/mol. The Morgan fingerprint density at radius 1 is 0.682 bits per heavy atom. The van der Waals surface area contributed by atoms with Crippen molar-refractivity contribution in [3.8, 4) is 11.5 Å². The van der Waals surface area contributed by atoms with Crippen LogP contribution < -0.4 is 20.3 Å². The van der Waals surface area contributed by atoms with E-state index < -0.39 is 0 Å². The molecule has 0 fully saturated rings. The fraction of sp³-hybridized carbons (Fsp3) is 0.125. The van der Waals surface area contributed by atoms with Crippen molar-refractivity contribution in [3.63, 3.8) is 0 Å². The fourth-order valence-corrected chi connectivity index (χ4v) is 2.26. The highest BCUT2D eigenvalue weighted by Gasteiger charge is 2.15. The summed E-state index contributed by atoms with van der Waals surface area (Å²) < 4.78 is 11.3. The number of hydrogen-bond donors (Lipinski definition) is 2. The summed E-state index contributed by atoms with van der Waals surface area (Å²) in [6.45, 7) is 0.767. The Morgan fingerprint density at radius 2 is 1.14 bits per heavy atom. The lowest BCUT2D eigenvalue weighted by atomic mass is 10.3. The second kappa shape index (κ2) is 5.40. The van der Waals surface area contributed by atoms with Crippen molar-refractivity contribution in [2.24, 2.45) is 9.98 Å². The van der Waals surface area contributed by atoms with Gasteiger partial charge in [0.2, 0.25) is 0 Å². The van der Waals surface area contributed by atoms with Gasteiger partial charge < -0.3 is 9.47 Å². The van der Waals surface area contributed by atoms with Crippen LogP contribution in [0.3, 0.4) is 0 Å². The SMILES string of the molecule is c1ccc2c(c1)N=C(NNC1=Nc3ccccc3OC1)CO2. The molecule has 0 unspecified atom stereocenters. The normalized spacial score (nSPS) is 15.3. The smallest absolute Gasteiger partial charge is 0.159 e. The Hall–Kier alpha value is -3.02. The van der Waals surface area contributed by atoms with Gasteiger partial charge in [-0.2, -0.15) is 0 Å². The second-order valence-electron chi connectivity index (χ2n) is 4.88. The van der Waals surface area contributed by atoms with Crippen LogP contribution in [0, 0.1) is 0 Å². The van der Waals surface area contributed by atoms with E-state index in [1.807, 2.05) is 48.5 Å². The number of rotatable bonds is 0. The zero-order valence-electron chi connectivity index (χ0n) is 11.7. The monoisotopic (exact) mass is 294 g/mol. The van der Waals surface area contributed by atoms with E-state index in [0.29, 0.717) is 24.9 Å². The van der Waals surface area contributed by atoms with Gasteiger partial charge in [0, 0.05) is 0 Å². The van der Waals surface area contributed by atoms with Crippen molar-refractivity contribution in [1.82, 2.24) is 10.9 Å². The van der Waals surface area contributed by atoms with E-state index in [9.17, 15) is 0 Å². The maximum atomic E-state index is 5.63. The van der Waals surface area contributed by atoms with Gasteiger partial charge in [-0.25, -0.2) is 9.98 Å². The Kier molecular flexibility index (Phi) is 3.12. The molecule has 0 atom stereocenters. The first-order valence-electron chi connectivity index (χ1n) is 6.99. The number of hydrogen-bond acceptors (Lipinski definition) is 6. The highest BCUT2D eigenvalue weighted by Crippen LogP contribution is 2.30. The van der Waals surface area contributed by atoms with Gasteiger partial charge in [-0.15, -0.1) is 0 Å². The van der Waals surface area contributed by atoms with Crippen LogP contribution in [0.15, 0.2) is 58.5 Å². The molecule has 0 amide bonds. The number of amidine groups is 2. The van der Waals surface area contributed by atoms with Crippen LogP contribution in [-0.4, -0.2) is 24.9 Å². The molecule has 0 saturated heterocycles. The largest absolute Gasteiger partial charge is 0.483 e. The van der Waals surface area contributed by atoms with E-state index >= 15 is 0 Å². The zero-order valence-corrected chi connectivity index (χ0v) is 11.7. The van der Waals surface area contributed by atoms with E-state index in [-0.39, 0.29) is 0 Å². The molecule has 2 aromatic carbocycles. The van der Waals surface area contributed by atoms with E-state index in [0.717, 1.165) is 22.9 Å². The van der Waals surface area contributed by atoms with Gasteiger partial charge >= 0.3 is 0 Å². The third kappa shape index (κ3) is 2.46. The minimum absolute atomic E-state index is 0.384. The van der Waals surface area contributed by atoms with Crippen molar-refractivity contribution >= 4 is 23.0 Å². The van der Waals surface area contributed by atoms with E-state index in [4.69, 9.17) is 9.47 Å². The van der Waals surface area contributed by atoms with Crippen LogP contribution in [0.2, 0.25) is 0 Å². The summed E-state index contributed by atoms with van der Waals surface area (Å²) in [6.07, 6.45) is 0. The molecule has 0 bridgehead atoms. The number of nitrogens with one attached hydrogen (secondary N) is 2. The van der Waals surface area contributed by atoms with Crippen LogP contribution >= 0.6 is 0 Å². The molecule has 2 aliphatic rings. The summed E-state index contributed by atoms with van der Waals surface area (Å²) in [6, 6.07) is 15.3. The molecule has 2 aromatic rings. The lowest BCUT2D eigenvalue weighted by Crippen LogP contribution is -2.46. The molecule has 22 heavy (non-hydrogen) atoms. The fourth-order valence-electron chi connectivity index (χ4n) is 2.26. The molecule has 0 spiro atoms. The molecule has 2 heterocycles. The van der Waals surface area contributed by atoms with Crippen molar-refractivity contribution in [2.75, 3.05) is 13.2 Å². The van der Waals surface area contributed by atoms with Crippen molar-refractivity contribution in [3.05, 3.63) is 48.5 Å². The first kappa shape index (κ1) is 12.7. The van der Waals surface area contributed by atoms with Crippen LogP contribution in [0.5, 0.6) is 11.5 Å². The molecule has 2 N–H and O–H groups in total. The Labute approximate surface area is 127 Å². The molecule has 6 heteroatoms. The van der Waals surface area contributed by atoms with Crippen LogP contribution in [0.4, 0.5) is 11.4 Å². The van der Waals surface area contributed by atoms with Gasteiger partial charge in [-0.3, -0.25) is 10.9 Å². The highest BCUT2D eigenvalue weighted by molar-refractivity contribution is 5.93. The van der Waals surface area contributed by atoms with Crippen molar-refractivity contribution in [2.45, 2.75) is 0 Å². The molecule has 0 aromatic heterocycles. The summed E-state index contributed by atoms with van der Waals surface area (Å²) in [7, 11) is 0. The summed E-state index contributed by atoms with van der Waals surface area (Å²) in [4.78, 5) is 8.99. The lowest BCUT2D eigenvalue weighted by molar-refractivity contribution is 0.360. The molecule has 6 nitrogen and oxygen atoms in total. The summed E-state index contributed by atoms with van der Waals surface area (Å²) >= 11 is 0. The van der Waals surface area contributed by atoms with Gasteiger partial charge in [0.05, 0.1) is 0 Å². The number of para-hydroxylation sites is 4. The van der Waals surface area contributed by atoms with Crippen LogP contribution in [-0.2, 0) is 0 Å². The standard InChI is InChI=1S/C16H14N4O2/c1-3-7-13-11(5-1)17-15(9-21-13)19-20-16-10-22-14-8-4-2-6-12(14)18-16/h1-8H,9-10H2,(H,17,19)(H,18,20). The topological polar surface area (TPSA) is 67.2 Å². The highest BCUT2D eigenvalue weighted by atomic mass is 16.5. The first-order chi connectivity index (χ1) is 10.9. The van der Waals surface area contributed by atoms with Gasteiger partial charge in [0.25, 0.3) is 0 Å². The second-order valence-corrected chi connectivity index (χ2v) is 4.88. The molecule has 0 saturated carbocycles. The van der Waals surface area contributed by atoms with Gasteiger partial charge in [0.15, 0.2) is 11.7 Å². The quantitative estimate of drug-likeness (QED) is 0.732. The minimum atomic E-state index is 0.384.